The fraction of sp³-hybridized carbons (Fsp3) is 0.0400. The Morgan fingerprint density at radius 2 is 0.828 bits per heavy atom. The van der Waals surface area contributed by atoms with Crippen LogP contribution in [0.4, 0.5) is 0 Å². The molecule has 0 atom stereocenters. The Balaban J connectivity index is 2.13. The Kier molecular flexibility index (Phi) is 6.14. The first-order valence-corrected chi connectivity index (χ1v) is 15.4. The van der Waals surface area contributed by atoms with Crippen LogP contribution in [0, 0.1) is 0 Å². The molecule has 0 nitrogen and oxygen atoms in total. The molecule has 4 heteroatoms. The van der Waals surface area contributed by atoms with Gasteiger partial charge < -0.3 is 0 Å². The molecule has 0 fully saturated rings. The van der Waals surface area contributed by atoms with Gasteiger partial charge in [0.05, 0.1) is 0 Å². The Bertz CT molecular complexity index is 993. The molecule has 29 heavy (non-hydrogen) atoms. The first kappa shape index (κ1) is 21.0. The third kappa shape index (κ3) is 3.68. The third-order valence-electron chi connectivity index (χ3n) is 5.40. The summed E-state index contributed by atoms with van der Waals surface area (Å²) in [5.41, 5.74) is 1.26. The summed E-state index contributed by atoms with van der Waals surface area (Å²) in [5.74, 6) is 0. The second-order valence-corrected chi connectivity index (χ2v) is 17.7. The van der Waals surface area contributed by atoms with E-state index in [9.17, 15) is 0 Å². The van der Waals surface area contributed by atoms with Crippen molar-refractivity contribution in [2.45, 2.75) is 6.16 Å². The molecule has 0 radical (unpaired) electrons. The molecule has 0 heterocycles. The van der Waals surface area contributed by atoms with Crippen LogP contribution in [0.15, 0.2) is 118 Å². The van der Waals surface area contributed by atoms with Gasteiger partial charge in [-0.25, -0.2) is 0 Å². The van der Waals surface area contributed by atoms with Crippen LogP contribution in [0.3, 0.4) is 0 Å². The van der Waals surface area contributed by atoms with Gasteiger partial charge in [0.25, 0.3) is 0 Å². The predicted octanol–water partition coefficient (Wildman–Crippen LogP) is 7.55. The number of rotatable bonds is 5. The van der Waals surface area contributed by atoms with Gasteiger partial charge in [0.1, 0.15) is 0 Å². The van der Waals surface area contributed by atoms with Crippen LogP contribution >= 0.6 is 52.7 Å². The minimum absolute atomic E-state index is 0.853. The van der Waals surface area contributed by atoms with Crippen LogP contribution in [-0.2, 0) is 6.16 Å². The standard InChI is InChI=1S/C25H20Br3P/c26-24-17-10-18-25(27)23(24)19-29(28,20-11-4-1-5-12-20,21-13-6-2-7-14-21)22-15-8-3-9-16-22/h1-18H,19H2. The van der Waals surface area contributed by atoms with Crippen LogP contribution in [0.1, 0.15) is 5.56 Å². The van der Waals surface area contributed by atoms with Crippen molar-refractivity contribution in [2.24, 2.45) is 0 Å². The SMILES string of the molecule is Brc1cccc(Br)c1CP(Br)(c1ccccc1)(c1ccccc1)c1ccccc1. The summed E-state index contributed by atoms with van der Waals surface area (Å²) in [5, 5.41) is 0.961. The zero-order chi connectivity index (χ0) is 20.3. The first-order valence-electron chi connectivity index (χ1n) is 9.36. The summed E-state index contributed by atoms with van der Waals surface area (Å²) < 4.78 is 2.23. The Hall–Kier alpha value is -1.25. The molecule has 0 aliphatic heterocycles. The average Bonchev–Trinajstić information content (AvgIpc) is 2.78. The van der Waals surface area contributed by atoms with Gasteiger partial charge in [-0.15, -0.1) is 0 Å². The van der Waals surface area contributed by atoms with Crippen molar-refractivity contribution in [2.75, 3.05) is 0 Å². The normalized spacial score (nSPS) is 12.9. The molecule has 4 rings (SSSR count). The number of benzene rings is 4. The van der Waals surface area contributed by atoms with E-state index in [0.29, 0.717) is 0 Å². The Morgan fingerprint density at radius 1 is 0.483 bits per heavy atom. The molecule has 146 valence electrons. The molecular formula is C25H20Br3P. The zero-order valence-corrected chi connectivity index (χ0v) is 21.3. The van der Waals surface area contributed by atoms with Gasteiger partial charge in [0.2, 0.25) is 0 Å². The van der Waals surface area contributed by atoms with Crippen molar-refractivity contribution >= 4 is 68.6 Å². The fourth-order valence-electron chi connectivity index (χ4n) is 3.92. The topological polar surface area (TPSA) is 0 Å². The van der Waals surface area contributed by atoms with Crippen molar-refractivity contribution in [3.8, 4) is 0 Å². The van der Waals surface area contributed by atoms with Gasteiger partial charge in [-0.3, -0.25) is 0 Å². The summed E-state index contributed by atoms with van der Waals surface area (Å²) in [6, 6.07) is 39.0. The maximum atomic E-state index is 4.51. The van der Waals surface area contributed by atoms with Crippen molar-refractivity contribution in [1.29, 1.82) is 0 Å². The van der Waals surface area contributed by atoms with Crippen molar-refractivity contribution in [3.63, 3.8) is 0 Å². The average molecular weight is 591 g/mol. The van der Waals surface area contributed by atoms with E-state index in [1.165, 1.54) is 21.5 Å². The van der Waals surface area contributed by atoms with Gasteiger partial charge in [0.15, 0.2) is 0 Å². The molecule has 0 saturated carbocycles. The van der Waals surface area contributed by atoms with Crippen LogP contribution in [0.2, 0.25) is 0 Å². The van der Waals surface area contributed by atoms with Gasteiger partial charge >= 0.3 is 198 Å². The Morgan fingerprint density at radius 3 is 1.17 bits per heavy atom. The number of hydrogen-bond donors (Lipinski definition) is 0. The molecular weight excluding hydrogens is 571 g/mol. The quantitative estimate of drug-likeness (QED) is 0.211. The first-order chi connectivity index (χ1) is 14.0. The van der Waals surface area contributed by atoms with Gasteiger partial charge in [0, 0.05) is 0 Å². The van der Waals surface area contributed by atoms with E-state index in [1.807, 2.05) is 0 Å². The summed E-state index contributed by atoms with van der Waals surface area (Å²) >= 11 is 12.1. The summed E-state index contributed by atoms with van der Waals surface area (Å²) in [7, 11) is 0. The molecule has 0 aromatic heterocycles. The molecule has 0 spiro atoms. The molecule has 4 aromatic carbocycles. The molecule has 0 aliphatic rings. The summed E-state index contributed by atoms with van der Waals surface area (Å²) in [6.45, 7) is 0. The molecule has 0 amide bonds. The van der Waals surface area contributed by atoms with Crippen LogP contribution in [0.25, 0.3) is 0 Å². The van der Waals surface area contributed by atoms with E-state index in [0.717, 1.165) is 15.1 Å². The monoisotopic (exact) mass is 588 g/mol. The predicted molar refractivity (Wildman–Crippen MR) is 140 cm³/mol. The molecule has 0 saturated heterocycles. The molecule has 0 bridgehead atoms. The van der Waals surface area contributed by atoms with Crippen molar-refractivity contribution in [1.82, 2.24) is 0 Å². The van der Waals surface area contributed by atoms with Crippen LogP contribution in [-0.4, -0.2) is 0 Å². The second-order valence-electron chi connectivity index (χ2n) is 7.05. The summed E-state index contributed by atoms with van der Waals surface area (Å²) in [6.07, 6.45) is 0.853. The third-order valence-corrected chi connectivity index (χ3v) is 16.4. The molecule has 0 unspecified atom stereocenters. The molecule has 0 aliphatic carbocycles. The minimum atomic E-state index is -2.99. The summed E-state index contributed by atoms with van der Waals surface area (Å²) in [4.78, 5) is 0. The van der Waals surface area contributed by atoms with Crippen molar-refractivity contribution in [3.05, 3.63) is 124 Å². The van der Waals surface area contributed by atoms with Gasteiger partial charge in [-0.05, 0) is 0 Å². The second kappa shape index (κ2) is 8.47. The van der Waals surface area contributed by atoms with Crippen LogP contribution < -0.4 is 15.9 Å². The van der Waals surface area contributed by atoms with E-state index in [4.69, 9.17) is 0 Å². The van der Waals surface area contributed by atoms with E-state index < -0.39 is 5.31 Å². The van der Waals surface area contributed by atoms with E-state index in [1.54, 1.807) is 0 Å². The Labute approximate surface area is 197 Å². The van der Waals surface area contributed by atoms with E-state index in [-0.39, 0.29) is 0 Å². The number of hydrogen-bond acceptors (Lipinski definition) is 0. The van der Waals surface area contributed by atoms with Gasteiger partial charge in [-0.2, -0.15) is 0 Å². The van der Waals surface area contributed by atoms with E-state index in [2.05, 4.69) is 157 Å². The van der Waals surface area contributed by atoms with E-state index >= 15 is 0 Å². The molecule has 4 aromatic rings. The zero-order valence-electron chi connectivity index (χ0n) is 15.7. The number of halogens is 3. The van der Waals surface area contributed by atoms with Crippen LogP contribution in [0.5, 0.6) is 0 Å². The van der Waals surface area contributed by atoms with Crippen molar-refractivity contribution < 1.29 is 0 Å². The van der Waals surface area contributed by atoms with Gasteiger partial charge in [-0.1, -0.05) is 0 Å². The molecule has 0 N–H and O–H groups in total. The fourth-order valence-corrected chi connectivity index (χ4v) is 13.3. The maximum absolute atomic E-state index is 4.51.